The number of esters is 2. The number of benzene rings is 2. The second-order valence-electron chi connectivity index (χ2n) is 8.15. The van der Waals surface area contributed by atoms with E-state index in [1.165, 1.54) is 21.3 Å². The van der Waals surface area contributed by atoms with E-state index in [2.05, 4.69) is 6.58 Å². The van der Waals surface area contributed by atoms with Crippen LogP contribution in [0.3, 0.4) is 0 Å². The summed E-state index contributed by atoms with van der Waals surface area (Å²) in [7, 11) is 4.59. The lowest BCUT2D eigenvalue weighted by atomic mass is 9.66. The van der Waals surface area contributed by atoms with Gasteiger partial charge >= 0.3 is 11.9 Å². The summed E-state index contributed by atoms with van der Waals surface area (Å²) in [6, 6.07) is 7.28. The molecular formula is C25H24O9. The molecule has 0 N–H and O–H groups in total. The lowest BCUT2D eigenvalue weighted by Gasteiger charge is -2.38. The summed E-state index contributed by atoms with van der Waals surface area (Å²) in [6.07, 6.45) is 0.384. The summed E-state index contributed by atoms with van der Waals surface area (Å²) < 4.78 is 39.0. The van der Waals surface area contributed by atoms with Crippen LogP contribution in [0, 0.1) is 11.8 Å². The molecule has 5 rings (SSSR count). The van der Waals surface area contributed by atoms with Gasteiger partial charge in [-0.3, -0.25) is 4.79 Å². The van der Waals surface area contributed by atoms with E-state index in [4.69, 9.17) is 33.2 Å². The predicted molar refractivity (Wildman–Crippen MR) is 117 cm³/mol. The first kappa shape index (κ1) is 21.9. The lowest BCUT2D eigenvalue weighted by molar-refractivity contribution is -0.148. The van der Waals surface area contributed by atoms with Crippen LogP contribution in [0.1, 0.15) is 28.7 Å². The number of carbonyl (C=O) groups is 2. The summed E-state index contributed by atoms with van der Waals surface area (Å²) in [5, 5.41) is 0. The first-order chi connectivity index (χ1) is 16.5. The fourth-order valence-corrected chi connectivity index (χ4v) is 5.12. The fraction of sp³-hybridized carbons (Fsp3) is 0.360. The highest BCUT2D eigenvalue weighted by Crippen LogP contribution is 2.56. The molecule has 9 nitrogen and oxygen atoms in total. The summed E-state index contributed by atoms with van der Waals surface area (Å²) >= 11 is 0. The minimum atomic E-state index is -0.718. The molecule has 178 valence electrons. The quantitative estimate of drug-likeness (QED) is 0.468. The highest BCUT2D eigenvalue weighted by molar-refractivity contribution is 5.82. The molecule has 9 heteroatoms. The van der Waals surface area contributed by atoms with Crippen molar-refractivity contribution in [1.29, 1.82) is 0 Å². The minimum absolute atomic E-state index is 0.0824. The molecule has 2 aromatic carbocycles. The third-order valence-corrected chi connectivity index (χ3v) is 6.58. The van der Waals surface area contributed by atoms with Gasteiger partial charge in [0.25, 0.3) is 0 Å². The van der Waals surface area contributed by atoms with Crippen molar-refractivity contribution in [2.75, 3.05) is 34.7 Å². The Morgan fingerprint density at radius 3 is 2.21 bits per heavy atom. The van der Waals surface area contributed by atoms with E-state index in [1.807, 2.05) is 24.3 Å². The summed E-state index contributed by atoms with van der Waals surface area (Å²) in [4.78, 5) is 25.3. The van der Waals surface area contributed by atoms with Gasteiger partial charge in [0.1, 0.15) is 6.10 Å². The third-order valence-electron chi connectivity index (χ3n) is 6.58. The van der Waals surface area contributed by atoms with Crippen molar-refractivity contribution in [2.45, 2.75) is 12.0 Å². The Bertz CT molecular complexity index is 1150. The van der Waals surface area contributed by atoms with Crippen LogP contribution in [0.2, 0.25) is 0 Å². The second-order valence-corrected chi connectivity index (χ2v) is 8.15. The van der Waals surface area contributed by atoms with Crippen molar-refractivity contribution < 1.29 is 42.7 Å². The van der Waals surface area contributed by atoms with E-state index in [0.29, 0.717) is 28.7 Å². The van der Waals surface area contributed by atoms with Crippen LogP contribution in [-0.4, -0.2) is 46.7 Å². The molecule has 0 aromatic heterocycles. The molecule has 3 aliphatic rings. The molecule has 4 atom stereocenters. The van der Waals surface area contributed by atoms with E-state index >= 15 is 0 Å². The Balaban J connectivity index is 1.74. The van der Waals surface area contributed by atoms with Crippen molar-refractivity contribution in [3.8, 4) is 28.7 Å². The number of cyclic esters (lactones) is 1. The van der Waals surface area contributed by atoms with E-state index in [0.717, 1.165) is 22.8 Å². The summed E-state index contributed by atoms with van der Waals surface area (Å²) in [6.45, 7) is 3.70. The number of hydrogen-bond donors (Lipinski definition) is 0. The Kier molecular flexibility index (Phi) is 5.47. The zero-order valence-corrected chi connectivity index (χ0v) is 19.0. The molecule has 0 saturated carbocycles. The molecule has 1 aliphatic carbocycles. The van der Waals surface area contributed by atoms with E-state index in [-0.39, 0.29) is 19.4 Å². The largest absolute Gasteiger partial charge is 0.493 e. The van der Waals surface area contributed by atoms with Gasteiger partial charge in [-0.1, -0.05) is 6.58 Å². The number of methoxy groups -OCH3 is 3. The highest BCUT2D eigenvalue weighted by atomic mass is 16.7. The predicted octanol–water partition coefficient (Wildman–Crippen LogP) is 3.15. The fourth-order valence-electron chi connectivity index (χ4n) is 5.12. The van der Waals surface area contributed by atoms with Gasteiger partial charge in [0, 0.05) is 23.5 Å². The number of rotatable bonds is 6. The normalized spacial score (nSPS) is 23.9. The zero-order chi connectivity index (χ0) is 24.0. The van der Waals surface area contributed by atoms with Gasteiger partial charge in [0.15, 0.2) is 23.0 Å². The van der Waals surface area contributed by atoms with Crippen molar-refractivity contribution in [1.82, 2.24) is 0 Å². The molecule has 0 spiro atoms. The maximum atomic E-state index is 13.0. The van der Waals surface area contributed by atoms with Crippen molar-refractivity contribution >= 4 is 11.9 Å². The Morgan fingerprint density at radius 2 is 1.62 bits per heavy atom. The molecule has 2 aromatic rings. The van der Waals surface area contributed by atoms with Crippen LogP contribution in [0.25, 0.3) is 0 Å². The molecule has 2 aliphatic heterocycles. The molecular weight excluding hydrogens is 444 g/mol. The number of carbonyl (C=O) groups excluding carboxylic acids is 2. The van der Waals surface area contributed by atoms with Gasteiger partial charge in [-0.05, 0) is 35.4 Å². The number of hydrogen-bond acceptors (Lipinski definition) is 9. The zero-order valence-electron chi connectivity index (χ0n) is 19.0. The van der Waals surface area contributed by atoms with Crippen molar-refractivity contribution in [2.24, 2.45) is 11.8 Å². The first-order valence-corrected chi connectivity index (χ1v) is 10.7. The van der Waals surface area contributed by atoms with Crippen LogP contribution in [0.15, 0.2) is 36.9 Å². The topological polar surface area (TPSA) is 98.8 Å². The van der Waals surface area contributed by atoms with Crippen LogP contribution >= 0.6 is 0 Å². The Hall–Kier alpha value is -3.88. The number of ether oxygens (including phenoxy) is 7. The van der Waals surface area contributed by atoms with Gasteiger partial charge < -0.3 is 33.2 Å². The highest BCUT2D eigenvalue weighted by Gasteiger charge is 2.54. The van der Waals surface area contributed by atoms with Gasteiger partial charge in [0.2, 0.25) is 12.5 Å². The monoisotopic (exact) mass is 468 g/mol. The van der Waals surface area contributed by atoms with Crippen LogP contribution in [0.4, 0.5) is 0 Å². The molecule has 0 unspecified atom stereocenters. The van der Waals surface area contributed by atoms with E-state index in [9.17, 15) is 9.59 Å². The van der Waals surface area contributed by atoms with Crippen LogP contribution in [0.5, 0.6) is 28.7 Å². The molecule has 0 radical (unpaired) electrons. The Morgan fingerprint density at radius 1 is 0.971 bits per heavy atom. The Labute approximate surface area is 196 Å². The first-order valence-electron chi connectivity index (χ1n) is 10.7. The lowest BCUT2D eigenvalue weighted by Crippen LogP contribution is -2.36. The van der Waals surface area contributed by atoms with Crippen LogP contribution < -0.4 is 23.7 Å². The average Bonchev–Trinajstić information content (AvgIpc) is 3.48. The van der Waals surface area contributed by atoms with Gasteiger partial charge in [-0.25, -0.2) is 4.79 Å². The molecule has 34 heavy (non-hydrogen) atoms. The van der Waals surface area contributed by atoms with E-state index < -0.39 is 29.8 Å². The van der Waals surface area contributed by atoms with E-state index in [1.54, 1.807) is 0 Å². The van der Waals surface area contributed by atoms with Crippen molar-refractivity contribution in [3.05, 3.63) is 53.6 Å². The molecule has 1 fully saturated rings. The molecule has 1 saturated heterocycles. The second kappa shape index (κ2) is 8.48. The van der Waals surface area contributed by atoms with Gasteiger partial charge in [-0.2, -0.15) is 0 Å². The van der Waals surface area contributed by atoms with Crippen molar-refractivity contribution in [3.63, 3.8) is 0 Å². The minimum Gasteiger partial charge on any atom is -0.493 e. The molecule has 2 heterocycles. The third kappa shape index (κ3) is 3.30. The SMILES string of the molecule is C=CC(=O)O[C@@H]1c2cc3c(cc2[C@@H](c2cc(OC)c(OC)c(OC)c2)[C@@H]2C(=O)OC[C@@H]21)OCO3. The summed E-state index contributed by atoms with van der Waals surface area (Å²) in [5.74, 6) is 0.0390. The standard InChI is InChI=1S/C25H24O9/c1-5-20(26)34-23-14-9-17-16(32-11-33-17)8-13(14)21(22-15(23)10-31-25(22)27)12-6-18(28-2)24(30-4)19(7-12)29-3/h5-9,15,21-23H,1,10-11H2,2-4H3/t15-,21+,22+,23+/m0/s1. The van der Waals surface area contributed by atoms with Gasteiger partial charge in [0.05, 0.1) is 33.9 Å². The smallest absolute Gasteiger partial charge is 0.330 e. The maximum Gasteiger partial charge on any atom is 0.330 e. The molecule has 0 amide bonds. The summed E-state index contributed by atoms with van der Waals surface area (Å²) in [5.41, 5.74) is 2.25. The number of fused-ring (bicyclic) bond motifs is 3. The maximum absolute atomic E-state index is 13.0. The van der Waals surface area contributed by atoms with Crippen LogP contribution in [-0.2, 0) is 19.1 Å². The molecule has 0 bridgehead atoms. The average molecular weight is 468 g/mol. The van der Waals surface area contributed by atoms with Gasteiger partial charge in [-0.15, -0.1) is 0 Å².